The molecule has 1 rings (SSSR count). The molecule has 0 spiro atoms. The van der Waals surface area contributed by atoms with Crippen molar-refractivity contribution in [1.82, 2.24) is 4.90 Å². The van der Waals surface area contributed by atoms with E-state index in [0.717, 1.165) is 15.7 Å². The molecule has 16 heavy (non-hydrogen) atoms. The Hall–Kier alpha value is -1.07. The van der Waals surface area contributed by atoms with Crippen LogP contribution in [0.3, 0.4) is 0 Å². The van der Waals surface area contributed by atoms with Crippen LogP contribution in [0.5, 0.6) is 0 Å². The van der Waals surface area contributed by atoms with Gasteiger partial charge < -0.3 is 15.3 Å². The highest BCUT2D eigenvalue weighted by molar-refractivity contribution is 9.10. The molecule has 0 aliphatic heterocycles. The second-order valence-corrected chi connectivity index (χ2v) is 4.45. The van der Waals surface area contributed by atoms with Gasteiger partial charge in [0.05, 0.1) is 6.61 Å². The lowest BCUT2D eigenvalue weighted by Crippen LogP contribution is -2.33. The molecule has 1 aromatic rings. The largest absolute Gasteiger partial charge is 0.395 e. The van der Waals surface area contributed by atoms with Gasteiger partial charge in [-0.25, -0.2) is 4.79 Å². The monoisotopic (exact) mass is 286 g/mol. The van der Waals surface area contributed by atoms with Crippen molar-refractivity contribution < 1.29 is 9.90 Å². The molecule has 0 atom stereocenters. The van der Waals surface area contributed by atoms with E-state index in [-0.39, 0.29) is 12.6 Å². The van der Waals surface area contributed by atoms with E-state index < -0.39 is 0 Å². The van der Waals surface area contributed by atoms with E-state index in [4.69, 9.17) is 5.11 Å². The van der Waals surface area contributed by atoms with Gasteiger partial charge in [0.15, 0.2) is 0 Å². The third-order valence-electron chi connectivity index (χ3n) is 2.21. The molecule has 0 saturated heterocycles. The van der Waals surface area contributed by atoms with Crippen molar-refractivity contribution in [1.29, 1.82) is 0 Å². The first-order valence-electron chi connectivity index (χ1n) is 4.93. The summed E-state index contributed by atoms with van der Waals surface area (Å²) in [6.45, 7) is 2.21. The second-order valence-electron chi connectivity index (χ2n) is 3.53. The number of aliphatic hydroxyl groups excluding tert-OH is 1. The number of hydrogen-bond donors (Lipinski definition) is 2. The number of nitrogens with zero attached hydrogens (tertiary/aromatic N) is 1. The van der Waals surface area contributed by atoms with Gasteiger partial charge in [0, 0.05) is 23.8 Å². The summed E-state index contributed by atoms with van der Waals surface area (Å²) in [4.78, 5) is 13.1. The van der Waals surface area contributed by atoms with Crippen molar-refractivity contribution in [2.75, 3.05) is 25.5 Å². The number of halogens is 1. The number of amides is 2. The average molecular weight is 287 g/mol. The molecule has 2 amide bonds. The first-order chi connectivity index (χ1) is 7.54. The Balaban J connectivity index is 2.69. The number of urea groups is 1. The van der Waals surface area contributed by atoms with E-state index in [9.17, 15) is 4.79 Å². The van der Waals surface area contributed by atoms with Crippen LogP contribution in [-0.4, -0.2) is 36.2 Å². The van der Waals surface area contributed by atoms with Gasteiger partial charge in [0.1, 0.15) is 0 Å². The molecule has 5 heteroatoms. The van der Waals surface area contributed by atoms with Crippen LogP contribution in [0.2, 0.25) is 0 Å². The Morgan fingerprint density at radius 1 is 1.56 bits per heavy atom. The number of nitrogens with one attached hydrogen (secondary N) is 1. The lowest BCUT2D eigenvalue weighted by molar-refractivity contribution is 0.202. The lowest BCUT2D eigenvalue weighted by Gasteiger charge is -2.17. The Morgan fingerprint density at radius 3 is 2.81 bits per heavy atom. The molecule has 0 saturated carbocycles. The molecule has 0 unspecified atom stereocenters. The second kappa shape index (κ2) is 5.86. The number of likely N-dealkylation sites (N-methyl/N-ethyl adjacent to an activating group) is 1. The van der Waals surface area contributed by atoms with Crippen LogP contribution in [0.1, 0.15) is 5.56 Å². The van der Waals surface area contributed by atoms with Crippen molar-refractivity contribution in [2.45, 2.75) is 6.92 Å². The average Bonchev–Trinajstić information content (AvgIpc) is 2.22. The zero-order valence-corrected chi connectivity index (χ0v) is 10.9. The molecule has 0 fully saturated rings. The highest BCUT2D eigenvalue weighted by Crippen LogP contribution is 2.20. The maximum absolute atomic E-state index is 11.6. The molecule has 2 N–H and O–H groups in total. The van der Waals surface area contributed by atoms with Crippen molar-refractivity contribution in [3.05, 3.63) is 28.2 Å². The third kappa shape index (κ3) is 3.50. The Labute approximate surface area is 103 Å². The van der Waals surface area contributed by atoms with Gasteiger partial charge in [-0.1, -0.05) is 15.9 Å². The summed E-state index contributed by atoms with van der Waals surface area (Å²) in [5.41, 5.74) is 1.76. The van der Waals surface area contributed by atoms with E-state index in [1.807, 2.05) is 25.1 Å². The van der Waals surface area contributed by atoms with Crippen molar-refractivity contribution >= 4 is 27.6 Å². The van der Waals surface area contributed by atoms with E-state index in [0.29, 0.717) is 6.54 Å². The van der Waals surface area contributed by atoms with Crippen molar-refractivity contribution in [3.8, 4) is 0 Å². The zero-order chi connectivity index (χ0) is 12.1. The van der Waals surface area contributed by atoms with Crippen molar-refractivity contribution in [2.24, 2.45) is 0 Å². The van der Waals surface area contributed by atoms with Gasteiger partial charge in [0.25, 0.3) is 0 Å². The van der Waals surface area contributed by atoms with Gasteiger partial charge in [-0.05, 0) is 30.7 Å². The molecule has 0 bridgehead atoms. The number of aliphatic hydroxyl groups is 1. The smallest absolute Gasteiger partial charge is 0.321 e. The maximum atomic E-state index is 11.6. The molecule has 1 aromatic carbocycles. The van der Waals surface area contributed by atoms with Crippen LogP contribution in [0.25, 0.3) is 0 Å². The van der Waals surface area contributed by atoms with Crippen LogP contribution in [0.4, 0.5) is 10.5 Å². The normalized spacial score (nSPS) is 10.0. The molecule has 0 aliphatic rings. The Bertz CT molecular complexity index is 382. The fraction of sp³-hybridized carbons (Fsp3) is 0.364. The molecule has 4 nitrogen and oxygen atoms in total. The highest BCUT2D eigenvalue weighted by Gasteiger charge is 2.09. The van der Waals surface area contributed by atoms with E-state index >= 15 is 0 Å². The zero-order valence-electron chi connectivity index (χ0n) is 9.33. The molecule has 0 radical (unpaired) electrons. The van der Waals surface area contributed by atoms with Gasteiger partial charge in [0.2, 0.25) is 0 Å². The minimum atomic E-state index is -0.223. The molecule has 0 heterocycles. The van der Waals surface area contributed by atoms with Crippen LogP contribution in [-0.2, 0) is 0 Å². The Kier molecular flexibility index (Phi) is 4.76. The summed E-state index contributed by atoms with van der Waals surface area (Å²) >= 11 is 3.36. The maximum Gasteiger partial charge on any atom is 0.321 e. The van der Waals surface area contributed by atoms with Gasteiger partial charge in [-0.3, -0.25) is 0 Å². The first-order valence-corrected chi connectivity index (χ1v) is 5.73. The predicted octanol–water partition coefficient (Wildman–Crippen LogP) is 2.21. The fourth-order valence-electron chi connectivity index (χ4n) is 1.23. The number of aryl methyl sites for hydroxylation is 1. The summed E-state index contributed by atoms with van der Waals surface area (Å²) in [6.07, 6.45) is 0. The van der Waals surface area contributed by atoms with Gasteiger partial charge in [-0.2, -0.15) is 0 Å². The molecule has 0 aliphatic carbocycles. The number of rotatable bonds is 3. The molecule has 88 valence electrons. The van der Waals surface area contributed by atoms with Crippen LogP contribution < -0.4 is 5.32 Å². The molecular weight excluding hydrogens is 272 g/mol. The summed E-state index contributed by atoms with van der Waals surface area (Å²) in [5.74, 6) is 0. The molecular formula is C11H15BrN2O2. The van der Waals surface area contributed by atoms with E-state index in [1.54, 1.807) is 7.05 Å². The predicted molar refractivity (Wildman–Crippen MR) is 67.6 cm³/mol. The van der Waals surface area contributed by atoms with Gasteiger partial charge in [-0.15, -0.1) is 0 Å². The van der Waals surface area contributed by atoms with Crippen molar-refractivity contribution in [3.63, 3.8) is 0 Å². The fourth-order valence-corrected chi connectivity index (χ4v) is 1.71. The number of anilines is 1. The lowest BCUT2D eigenvalue weighted by atomic mass is 10.2. The number of benzene rings is 1. The Morgan fingerprint density at radius 2 is 2.25 bits per heavy atom. The quantitative estimate of drug-likeness (QED) is 0.895. The standard InChI is InChI=1S/C11H15BrN2O2/c1-8-7-9(12)3-4-10(8)13-11(16)14(2)5-6-15/h3-4,7,15H,5-6H2,1-2H3,(H,13,16). The third-order valence-corrected chi connectivity index (χ3v) is 2.71. The van der Waals surface area contributed by atoms with Crippen LogP contribution in [0.15, 0.2) is 22.7 Å². The van der Waals surface area contributed by atoms with Crippen LogP contribution in [0, 0.1) is 6.92 Å². The number of carbonyl (C=O) groups excluding carboxylic acids is 1. The first kappa shape index (κ1) is 13.0. The summed E-state index contributed by atoms with van der Waals surface area (Å²) < 4.78 is 0.978. The number of hydrogen-bond acceptors (Lipinski definition) is 2. The SMILES string of the molecule is Cc1cc(Br)ccc1NC(=O)N(C)CCO. The van der Waals surface area contributed by atoms with E-state index in [2.05, 4.69) is 21.2 Å². The number of carbonyl (C=O) groups is 1. The highest BCUT2D eigenvalue weighted by atomic mass is 79.9. The summed E-state index contributed by atoms with van der Waals surface area (Å²) in [5, 5.41) is 11.5. The van der Waals surface area contributed by atoms with Gasteiger partial charge >= 0.3 is 6.03 Å². The van der Waals surface area contributed by atoms with Crippen LogP contribution >= 0.6 is 15.9 Å². The topological polar surface area (TPSA) is 52.6 Å². The summed E-state index contributed by atoms with van der Waals surface area (Å²) in [6, 6.07) is 5.42. The summed E-state index contributed by atoms with van der Waals surface area (Å²) in [7, 11) is 1.64. The van der Waals surface area contributed by atoms with E-state index in [1.165, 1.54) is 4.90 Å². The molecule has 0 aromatic heterocycles. The minimum Gasteiger partial charge on any atom is -0.395 e. The minimum absolute atomic E-state index is 0.0385.